The molecule has 2 rings (SSSR count). The van der Waals surface area contributed by atoms with Crippen molar-refractivity contribution in [3.8, 4) is 5.75 Å². The van der Waals surface area contributed by atoms with E-state index in [1.807, 2.05) is 30.3 Å². The van der Waals surface area contributed by atoms with Crippen LogP contribution >= 0.6 is 0 Å². The maximum absolute atomic E-state index is 12.3. The first kappa shape index (κ1) is 16.4. The van der Waals surface area contributed by atoms with Crippen molar-refractivity contribution < 1.29 is 18.3 Å². The average molecular weight is 319 g/mol. The van der Waals surface area contributed by atoms with Crippen molar-refractivity contribution in [2.45, 2.75) is 6.61 Å². The average Bonchev–Trinajstić information content (AvgIpc) is 2.55. The summed E-state index contributed by atoms with van der Waals surface area (Å²) in [6.45, 7) is -2.88. The monoisotopic (exact) mass is 319 g/mol. The van der Waals surface area contributed by atoms with E-state index in [1.54, 1.807) is 18.2 Å². The third kappa shape index (κ3) is 5.74. The summed E-state index contributed by atoms with van der Waals surface area (Å²) in [6, 6.07) is 15.4. The zero-order valence-corrected chi connectivity index (χ0v) is 12.1. The Kier molecular flexibility index (Phi) is 6.05. The second-order valence-corrected chi connectivity index (χ2v) is 4.43. The molecule has 0 heterocycles. The number of benzene rings is 2. The van der Waals surface area contributed by atoms with Crippen LogP contribution in [0.15, 0.2) is 59.7 Å². The maximum atomic E-state index is 12.3. The van der Waals surface area contributed by atoms with Crippen LogP contribution in [-0.2, 0) is 4.79 Å². The predicted molar refractivity (Wildman–Crippen MR) is 83.7 cm³/mol. The lowest BCUT2D eigenvalue weighted by atomic mass is 10.2. The van der Waals surface area contributed by atoms with Gasteiger partial charge in [-0.25, -0.2) is 5.43 Å². The van der Waals surface area contributed by atoms with Gasteiger partial charge in [-0.1, -0.05) is 30.3 Å². The second kappa shape index (κ2) is 8.47. The summed E-state index contributed by atoms with van der Waals surface area (Å²) >= 11 is 0. The highest BCUT2D eigenvalue weighted by atomic mass is 19.3. The molecule has 0 aliphatic rings. The van der Waals surface area contributed by atoms with Gasteiger partial charge in [-0.05, 0) is 24.3 Å². The number of nitrogens with one attached hydrogen (secondary N) is 2. The lowest BCUT2D eigenvalue weighted by molar-refractivity contribution is -0.119. The summed E-state index contributed by atoms with van der Waals surface area (Å²) in [5.74, 6) is -0.375. The maximum Gasteiger partial charge on any atom is 0.387 e. The Morgan fingerprint density at radius 1 is 1.13 bits per heavy atom. The van der Waals surface area contributed by atoms with Crippen LogP contribution in [0.5, 0.6) is 5.75 Å². The number of rotatable bonds is 7. The minimum Gasteiger partial charge on any atom is -0.434 e. The fraction of sp³-hybridized carbons (Fsp3) is 0.125. The van der Waals surface area contributed by atoms with Crippen molar-refractivity contribution in [1.82, 2.24) is 5.43 Å². The third-order valence-corrected chi connectivity index (χ3v) is 2.75. The normalized spacial score (nSPS) is 10.7. The van der Waals surface area contributed by atoms with Crippen molar-refractivity contribution >= 4 is 17.8 Å². The number of halogens is 2. The van der Waals surface area contributed by atoms with Gasteiger partial charge < -0.3 is 10.1 Å². The molecule has 0 atom stereocenters. The fourth-order valence-corrected chi connectivity index (χ4v) is 1.74. The molecule has 23 heavy (non-hydrogen) atoms. The molecule has 0 saturated carbocycles. The Labute approximate surface area is 132 Å². The molecule has 2 aromatic rings. The van der Waals surface area contributed by atoms with E-state index in [9.17, 15) is 13.6 Å². The Bertz CT molecular complexity index is 663. The highest BCUT2D eigenvalue weighted by Crippen LogP contribution is 2.18. The topological polar surface area (TPSA) is 62.7 Å². The number of ether oxygens (including phenoxy) is 1. The molecule has 5 nitrogen and oxygen atoms in total. The van der Waals surface area contributed by atoms with E-state index in [1.165, 1.54) is 12.3 Å². The van der Waals surface area contributed by atoms with Gasteiger partial charge in [0.1, 0.15) is 5.75 Å². The highest BCUT2D eigenvalue weighted by Gasteiger charge is 2.07. The summed E-state index contributed by atoms with van der Waals surface area (Å²) in [7, 11) is 0. The van der Waals surface area contributed by atoms with Crippen molar-refractivity contribution in [1.29, 1.82) is 0 Å². The van der Waals surface area contributed by atoms with Gasteiger partial charge in [0.25, 0.3) is 5.91 Å². The number of hydrogen-bond acceptors (Lipinski definition) is 4. The van der Waals surface area contributed by atoms with Crippen LogP contribution in [0.1, 0.15) is 5.56 Å². The number of amides is 1. The summed E-state index contributed by atoms with van der Waals surface area (Å²) in [5, 5.41) is 6.65. The Hall–Kier alpha value is -2.96. The van der Waals surface area contributed by atoms with Crippen LogP contribution in [0.25, 0.3) is 0 Å². The first-order valence-corrected chi connectivity index (χ1v) is 6.80. The SMILES string of the molecule is O=C(CNc1ccccc1)N/N=C/c1ccccc1OC(F)F. The van der Waals surface area contributed by atoms with Crippen LogP contribution in [0.4, 0.5) is 14.5 Å². The van der Waals surface area contributed by atoms with E-state index in [0.717, 1.165) is 5.69 Å². The zero-order valence-electron chi connectivity index (χ0n) is 12.1. The Morgan fingerprint density at radius 3 is 2.57 bits per heavy atom. The first-order valence-electron chi connectivity index (χ1n) is 6.80. The molecule has 2 aromatic carbocycles. The number of carbonyl (C=O) groups excluding carboxylic acids is 1. The quantitative estimate of drug-likeness (QED) is 0.609. The first-order chi connectivity index (χ1) is 11.1. The molecule has 1 amide bonds. The molecule has 0 bridgehead atoms. The van der Waals surface area contributed by atoms with Crippen LogP contribution in [0.3, 0.4) is 0 Å². The highest BCUT2D eigenvalue weighted by molar-refractivity contribution is 5.86. The van der Waals surface area contributed by atoms with Gasteiger partial charge in [-0.3, -0.25) is 4.79 Å². The smallest absolute Gasteiger partial charge is 0.387 e. The molecule has 7 heteroatoms. The summed E-state index contributed by atoms with van der Waals surface area (Å²) in [5.41, 5.74) is 3.45. The van der Waals surface area contributed by atoms with Crippen LogP contribution in [0.2, 0.25) is 0 Å². The standard InChI is InChI=1S/C16H15F2N3O2/c17-16(18)23-14-9-5-4-6-12(14)10-20-21-15(22)11-19-13-7-2-1-3-8-13/h1-10,16,19H,11H2,(H,21,22)/b20-10+. The molecule has 2 N–H and O–H groups in total. The molecular weight excluding hydrogens is 304 g/mol. The van der Waals surface area contributed by atoms with E-state index in [-0.39, 0.29) is 18.2 Å². The molecule has 0 spiro atoms. The second-order valence-electron chi connectivity index (χ2n) is 4.43. The van der Waals surface area contributed by atoms with Gasteiger partial charge in [0.05, 0.1) is 12.8 Å². The number of hydrogen-bond donors (Lipinski definition) is 2. The van der Waals surface area contributed by atoms with Crippen LogP contribution in [-0.4, -0.2) is 25.3 Å². The zero-order chi connectivity index (χ0) is 16.5. The predicted octanol–water partition coefficient (Wildman–Crippen LogP) is 2.85. The number of para-hydroxylation sites is 2. The molecular formula is C16H15F2N3O2. The van der Waals surface area contributed by atoms with E-state index >= 15 is 0 Å². The summed E-state index contributed by atoms with van der Waals surface area (Å²) < 4.78 is 28.9. The summed E-state index contributed by atoms with van der Waals surface area (Å²) in [4.78, 5) is 11.6. The lowest BCUT2D eigenvalue weighted by Crippen LogP contribution is -2.25. The minimum atomic E-state index is -2.92. The van der Waals surface area contributed by atoms with E-state index in [4.69, 9.17) is 0 Å². The molecule has 0 aliphatic heterocycles. The van der Waals surface area contributed by atoms with Crippen molar-refractivity contribution in [3.05, 3.63) is 60.2 Å². The van der Waals surface area contributed by atoms with E-state index in [2.05, 4.69) is 20.6 Å². The molecule has 0 unspecified atom stereocenters. The van der Waals surface area contributed by atoms with Crippen molar-refractivity contribution in [2.75, 3.05) is 11.9 Å². The third-order valence-electron chi connectivity index (χ3n) is 2.75. The lowest BCUT2D eigenvalue weighted by Gasteiger charge is -2.07. The molecule has 0 aromatic heterocycles. The van der Waals surface area contributed by atoms with Gasteiger partial charge >= 0.3 is 6.61 Å². The largest absolute Gasteiger partial charge is 0.434 e. The van der Waals surface area contributed by atoms with E-state index in [0.29, 0.717) is 5.56 Å². The van der Waals surface area contributed by atoms with Gasteiger partial charge in [-0.15, -0.1) is 0 Å². The van der Waals surface area contributed by atoms with E-state index < -0.39 is 6.61 Å². The Morgan fingerprint density at radius 2 is 1.83 bits per heavy atom. The molecule has 0 radical (unpaired) electrons. The van der Waals surface area contributed by atoms with Crippen molar-refractivity contribution in [2.24, 2.45) is 5.10 Å². The summed E-state index contributed by atoms with van der Waals surface area (Å²) in [6.07, 6.45) is 1.25. The Balaban J connectivity index is 1.85. The number of anilines is 1. The number of carbonyl (C=O) groups is 1. The number of hydrazone groups is 1. The fourth-order valence-electron chi connectivity index (χ4n) is 1.74. The molecule has 120 valence electrons. The molecule has 0 saturated heterocycles. The van der Waals surface area contributed by atoms with Gasteiger partial charge in [0, 0.05) is 11.3 Å². The van der Waals surface area contributed by atoms with Crippen LogP contribution in [0, 0.1) is 0 Å². The molecule has 0 fully saturated rings. The number of nitrogens with zero attached hydrogens (tertiary/aromatic N) is 1. The minimum absolute atomic E-state index is 0.0112. The van der Waals surface area contributed by atoms with Crippen LogP contribution < -0.4 is 15.5 Å². The van der Waals surface area contributed by atoms with Crippen molar-refractivity contribution in [3.63, 3.8) is 0 Å². The van der Waals surface area contributed by atoms with Gasteiger partial charge in [-0.2, -0.15) is 13.9 Å². The van der Waals surface area contributed by atoms with Gasteiger partial charge in [0.2, 0.25) is 0 Å². The van der Waals surface area contributed by atoms with Gasteiger partial charge in [0.15, 0.2) is 0 Å². The number of alkyl halides is 2. The molecule has 0 aliphatic carbocycles.